The minimum absolute atomic E-state index is 0.0929. The van der Waals surface area contributed by atoms with Crippen molar-refractivity contribution in [3.63, 3.8) is 0 Å². The van der Waals surface area contributed by atoms with E-state index in [1.54, 1.807) is 24.3 Å². The average Bonchev–Trinajstić information content (AvgIpc) is 2.33. The van der Waals surface area contributed by atoms with Gasteiger partial charge in [-0.2, -0.15) is 4.31 Å². The van der Waals surface area contributed by atoms with Crippen molar-refractivity contribution in [2.75, 3.05) is 13.1 Å². The Morgan fingerprint density at radius 3 is 2.42 bits per heavy atom. The van der Waals surface area contributed by atoms with E-state index in [-0.39, 0.29) is 24.4 Å². The largest absolute Gasteiger partial charge is 0.390 e. The van der Waals surface area contributed by atoms with Crippen molar-refractivity contribution in [1.29, 1.82) is 0 Å². The quantitative estimate of drug-likeness (QED) is 0.829. The fourth-order valence-electron chi connectivity index (χ4n) is 2.18. The first-order chi connectivity index (χ1) is 8.73. The van der Waals surface area contributed by atoms with E-state index < -0.39 is 21.7 Å². The Balaban J connectivity index is 2.28. The smallest absolute Gasteiger partial charge is 0.243 e. The van der Waals surface area contributed by atoms with Gasteiger partial charge >= 0.3 is 0 Å². The molecule has 0 spiro atoms. The summed E-state index contributed by atoms with van der Waals surface area (Å²) >= 11 is 0. The summed E-state index contributed by atoms with van der Waals surface area (Å²) in [6.07, 6.45) is -0.657. The first-order valence-corrected chi connectivity index (χ1v) is 7.65. The van der Waals surface area contributed by atoms with Crippen LogP contribution in [-0.4, -0.2) is 47.7 Å². The maximum absolute atomic E-state index is 12.4. The number of aryl methyl sites for hydroxylation is 1. The molecule has 1 aromatic carbocycles. The Kier molecular flexibility index (Phi) is 3.70. The first kappa shape index (κ1) is 14.5. The number of β-amino-alcohol motifs (C(OH)–C–C–N with tert-alkyl or cyclic N) is 1. The highest BCUT2D eigenvalue weighted by atomic mass is 32.2. The fraction of sp³-hybridized carbons (Fsp3) is 0.538. The molecular formula is C13H19NO4S. The second-order valence-electron chi connectivity index (χ2n) is 5.31. The number of benzene rings is 1. The monoisotopic (exact) mass is 285 g/mol. The number of piperidine rings is 1. The molecule has 0 amide bonds. The summed E-state index contributed by atoms with van der Waals surface area (Å²) < 4.78 is 26.1. The van der Waals surface area contributed by atoms with Crippen molar-refractivity contribution in [3.05, 3.63) is 29.8 Å². The number of hydrogen-bond donors (Lipinski definition) is 2. The lowest BCUT2D eigenvalue weighted by molar-refractivity contribution is -0.0935. The third-order valence-corrected chi connectivity index (χ3v) is 5.38. The van der Waals surface area contributed by atoms with Crippen LogP contribution in [0.15, 0.2) is 29.2 Å². The normalized spacial score (nSPS) is 29.4. The molecule has 2 N–H and O–H groups in total. The van der Waals surface area contributed by atoms with Crippen LogP contribution in [0.3, 0.4) is 0 Å². The van der Waals surface area contributed by atoms with Crippen LogP contribution in [0.25, 0.3) is 0 Å². The second kappa shape index (κ2) is 4.86. The van der Waals surface area contributed by atoms with Crippen LogP contribution in [-0.2, 0) is 10.0 Å². The van der Waals surface area contributed by atoms with Gasteiger partial charge in [0.05, 0.1) is 11.0 Å². The van der Waals surface area contributed by atoms with Crippen molar-refractivity contribution < 1.29 is 18.6 Å². The van der Waals surface area contributed by atoms with Crippen LogP contribution >= 0.6 is 0 Å². The molecular weight excluding hydrogens is 266 g/mol. The summed E-state index contributed by atoms with van der Waals surface area (Å²) in [4.78, 5) is 0.213. The molecule has 1 aromatic rings. The van der Waals surface area contributed by atoms with Gasteiger partial charge in [-0.05, 0) is 32.4 Å². The van der Waals surface area contributed by atoms with Gasteiger partial charge in [0.2, 0.25) is 10.0 Å². The van der Waals surface area contributed by atoms with E-state index in [1.165, 1.54) is 11.2 Å². The highest BCUT2D eigenvalue weighted by molar-refractivity contribution is 7.89. The molecule has 0 saturated carbocycles. The first-order valence-electron chi connectivity index (χ1n) is 6.21. The van der Waals surface area contributed by atoms with E-state index in [1.807, 2.05) is 6.92 Å². The third kappa shape index (κ3) is 2.81. The molecule has 0 unspecified atom stereocenters. The van der Waals surface area contributed by atoms with E-state index in [4.69, 9.17) is 0 Å². The Morgan fingerprint density at radius 1 is 1.32 bits per heavy atom. The van der Waals surface area contributed by atoms with E-state index in [2.05, 4.69) is 0 Å². The van der Waals surface area contributed by atoms with Crippen LogP contribution in [0.4, 0.5) is 0 Å². The van der Waals surface area contributed by atoms with Crippen LogP contribution in [0.2, 0.25) is 0 Å². The molecule has 1 saturated heterocycles. The van der Waals surface area contributed by atoms with Gasteiger partial charge in [0.25, 0.3) is 0 Å². The van der Waals surface area contributed by atoms with Crippen LogP contribution in [0, 0.1) is 6.92 Å². The summed E-state index contributed by atoms with van der Waals surface area (Å²) in [5, 5.41) is 19.7. The number of nitrogens with zero attached hydrogens (tertiary/aromatic N) is 1. The number of aliphatic hydroxyl groups excluding tert-OH is 1. The van der Waals surface area contributed by atoms with Gasteiger partial charge in [0.15, 0.2) is 0 Å². The minimum Gasteiger partial charge on any atom is -0.390 e. The highest BCUT2D eigenvalue weighted by Crippen LogP contribution is 2.26. The van der Waals surface area contributed by atoms with E-state index >= 15 is 0 Å². The molecule has 106 valence electrons. The van der Waals surface area contributed by atoms with Gasteiger partial charge < -0.3 is 10.2 Å². The zero-order valence-corrected chi connectivity index (χ0v) is 11.9. The SMILES string of the molecule is Cc1ccc(S(=O)(=O)N2CC[C@H](O)[C@](C)(O)C2)cc1. The molecule has 2 atom stereocenters. The van der Waals surface area contributed by atoms with Gasteiger partial charge in [0, 0.05) is 13.1 Å². The van der Waals surface area contributed by atoms with Crippen LogP contribution < -0.4 is 0 Å². The highest BCUT2D eigenvalue weighted by Gasteiger charge is 2.41. The summed E-state index contributed by atoms with van der Waals surface area (Å²) in [6.45, 7) is 3.46. The average molecular weight is 285 g/mol. The number of sulfonamides is 1. The van der Waals surface area contributed by atoms with Crippen molar-refractivity contribution in [3.8, 4) is 0 Å². The predicted molar refractivity (Wildman–Crippen MR) is 71.2 cm³/mol. The molecule has 0 aromatic heterocycles. The Labute approximate surface area is 113 Å². The topological polar surface area (TPSA) is 77.8 Å². The molecule has 2 rings (SSSR count). The van der Waals surface area contributed by atoms with E-state index in [0.717, 1.165) is 5.56 Å². The molecule has 19 heavy (non-hydrogen) atoms. The standard InChI is InChI=1S/C13H19NO4S/c1-10-3-5-11(6-4-10)19(17,18)14-8-7-12(15)13(2,16)9-14/h3-6,12,15-16H,7-9H2,1-2H3/t12-,13+/m0/s1. The van der Waals surface area contributed by atoms with Crippen molar-refractivity contribution >= 4 is 10.0 Å². The van der Waals surface area contributed by atoms with E-state index in [9.17, 15) is 18.6 Å². The summed E-state index contributed by atoms with van der Waals surface area (Å²) in [6, 6.07) is 6.60. The molecule has 0 aliphatic carbocycles. The number of rotatable bonds is 2. The van der Waals surface area contributed by atoms with Crippen LogP contribution in [0.1, 0.15) is 18.9 Å². The van der Waals surface area contributed by atoms with Gasteiger partial charge in [-0.15, -0.1) is 0 Å². The molecule has 0 radical (unpaired) electrons. The summed E-state index contributed by atoms with van der Waals surface area (Å²) in [5.41, 5.74) is -0.421. The van der Waals surface area contributed by atoms with Gasteiger partial charge in [-0.25, -0.2) is 8.42 Å². The lowest BCUT2D eigenvalue weighted by Gasteiger charge is -2.39. The molecule has 1 aliphatic heterocycles. The second-order valence-corrected chi connectivity index (χ2v) is 7.25. The third-order valence-electron chi connectivity index (χ3n) is 3.53. The minimum atomic E-state index is -3.61. The zero-order valence-electron chi connectivity index (χ0n) is 11.1. The maximum Gasteiger partial charge on any atom is 0.243 e. The zero-order chi connectivity index (χ0) is 14.3. The maximum atomic E-state index is 12.4. The van der Waals surface area contributed by atoms with Gasteiger partial charge in [-0.3, -0.25) is 0 Å². The van der Waals surface area contributed by atoms with Gasteiger partial charge in [-0.1, -0.05) is 17.7 Å². The Bertz CT molecular complexity index is 551. The molecule has 5 nitrogen and oxygen atoms in total. The summed E-state index contributed by atoms with van der Waals surface area (Å²) in [5.74, 6) is 0. The number of hydrogen-bond acceptors (Lipinski definition) is 4. The fourth-order valence-corrected chi connectivity index (χ4v) is 3.74. The molecule has 1 fully saturated rings. The number of aliphatic hydroxyl groups is 2. The molecule has 1 heterocycles. The summed E-state index contributed by atoms with van der Waals surface area (Å²) in [7, 11) is -3.61. The van der Waals surface area contributed by atoms with Gasteiger partial charge in [0.1, 0.15) is 5.60 Å². The Morgan fingerprint density at radius 2 is 1.89 bits per heavy atom. The molecule has 0 bridgehead atoms. The van der Waals surface area contributed by atoms with Crippen molar-refractivity contribution in [2.24, 2.45) is 0 Å². The van der Waals surface area contributed by atoms with Crippen molar-refractivity contribution in [2.45, 2.75) is 36.9 Å². The predicted octanol–water partition coefficient (Wildman–Crippen LogP) is 0.501. The van der Waals surface area contributed by atoms with E-state index in [0.29, 0.717) is 0 Å². The van der Waals surface area contributed by atoms with Crippen molar-refractivity contribution in [1.82, 2.24) is 4.31 Å². The Hall–Kier alpha value is -0.950. The molecule has 1 aliphatic rings. The lowest BCUT2D eigenvalue weighted by atomic mass is 9.93. The molecule has 6 heteroatoms. The van der Waals surface area contributed by atoms with Crippen LogP contribution in [0.5, 0.6) is 0 Å². The lowest BCUT2D eigenvalue weighted by Crippen LogP contribution is -2.56.